The average Bonchev–Trinajstić information content (AvgIpc) is 2.49. The minimum Gasteiger partial charge on any atom is -0.266 e. The molecule has 0 amide bonds. The standard InChI is InChI=1S/C18H13N.Ir/c1-14-6-5-13-19-18(14)17-11-9-16(10-12-17)15-7-3-2-4-8-15;/h2-7,9,11-13H,1H3;/q-2;. The fourth-order valence-corrected chi connectivity index (χ4v) is 2.09. The molecule has 101 valence electrons. The molecule has 1 radical (unpaired) electrons. The van der Waals surface area contributed by atoms with E-state index < -0.39 is 0 Å². The zero-order valence-corrected chi connectivity index (χ0v) is 13.4. The SMILES string of the molecule is Cc1cccnc1-c1c[c-]c(-c2[c-]cccc2)cc1.[Ir]. The molecule has 1 aromatic heterocycles. The van der Waals surface area contributed by atoms with Crippen LogP contribution in [0.5, 0.6) is 0 Å². The van der Waals surface area contributed by atoms with Crippen molar-refractivity contribution in [3.8, 4) is 22.4 Å². The van der Waals surface area contributed by atoms with Gasteiger partial charge in [-0.3, -0.25) is 4.98 Å². The number of aryl methyl sites for hydroxylation is 1. The maximum absolute atomic E-state index is 4.42. The Morgan fingerprint density at radius 2 is 1.75 bits per heavy atom. The Kier molecular flexibility index (Phi) is 4.83. The Hall–Kier alpha value is -1.76. The number of rotatable bonds is 2. The van der Waals surface area contributed by atoms with Crippen molar-refractivity contribution < 1.29 is 20.1 Å². The van der Waals surface area contributed by atoms with Crippen LogP contribution in [0.4, 0.5) is 0 Å². The van der Waals surface area contributed by atoms with Crippen LogP contribution >= 0.6 is 0 Å². The summed E-state index contributed by atoms with van der Waals surface area (Å²) in [5.74, 6) is 0. The summed E-state index contributed by atoms with van der Waals surface area (Å²) in [6.45, 7) is 2.07. The van der Waals surface area contributed by atoms with Gasteiger partial charge in [-0.25, -0.2) is 11.1 Å². The summed E-state index contributed by atoms with van der Waals surface area (Å²) in [6, 6.07) is 24.6. The van der Waals surface area contributed by atoms with Gasteiger partial charge in [0.1, 0.15) is 0 Å². The first-order chi connectivity index (χ1) is 9.34. The third kappa shape index (κ3) is 3.04. The molecule has 0 unspecified atom stereocenters. The van der Waals surface area contributed by atoms with Gasteiger partial charge in [-0.2, -0.15) is 36.4 Å². The smallest absolute Gasteiger partial charge is 0.0317 e. The molecule has 0 atom stereocenters. The first-order valence-electron chi connectivity index (χ1n) is 6.25. The van der Waals surface area contributed by atoms with E-state index in [0.717, 1.165) is 22.4 Å². The molecular weight excluding hydrogens is 422 g/mol. The van der Waals surface area contributed by atoms with Crippen molar-refractivity contribution in [3.05, 3.63) is 78.5 Å². The summed E-state index contributed by atoms with van der Waals surface area (Å²) in [7, 11) is 0. The van der Waals surface area contributed by atoms with Gasteiger partial charge in [0.05, 0.1) is 0 Å². The number of pyridine rings is 1. The van der Waals surface area contributed by atoms with Crippen LogP contribution in [0.2, 0.25) is 0 Å². The summed E-state index contributed by atoms with van der Waals surface area (Å²) in [5.41, 5.74) is 5.40. The maximum Gasteiger partial charge on any atom is 0.0317 e. The predicted octanol–water partition coefficient (Wildman–Crippen LogP) is 4.32. The molecule has 0 aliphatic heterocycles. The van der Waals surface area contributed by atoms with E-state index >= 15 is 0 Å². The van der Waals surface area contributed by atoms with Crippen molar-refractivity contribution in [2.24, 2.45) is 0 Å². The Labute approximate surface area is 133 Å². The second kappa shape index (κ2) is 6.60. The van der Waals surface area contributed by atoms with Crippen molar-refractivity contribution in [1.29, 1.82) is 0 Å². The van der Waals surface area contributed by atoms with Crippen molar-refractivity contribution >= 4 is 0 Å². The minimum atomic E-state index is 0. The normalized spacial score (nSPS) is 9.85. The van der Waals surface area contributed by atoms with E-state index in [2.05, 4.69) is 42.2 Å². The molecule has 2 aromatic carbocycles. The van der Waals surface area contributed by atoms with Crippen LogP contribution in [-0.4, -0.2) is 4.98 Å². The summed E-state index contributed by atoms with van der Waals surface area (Å²) in [4.78, 5) is 4.42. The fraction of sp³-hybridized carbons (Fsp3) is 0.0556. The zero-order chi connectivity index (χ0) is 13.1. The van der Waals surface area contributed by atoms with E-state index in [9.17, 15) is 0 Å². The number of benzene rings is 2. The molecule has 0 aliphatic carbocycles. The molecule has 0 aliphatic rings. The molecule has 0 spiro atoms. The topological polar surface area (TPSA) is 12.9 Å². The van der Waals surface area contributed by atoms with E-state index in [-0.39, 0.29) is 20.1 Å². The van der Waals surface area contributed by atoms with Crippen LogP contribution < -0.4 is 0 Å². The molecular formula is C18H13IrN-2. The molecule has 20 heavy (non-hydrogen) atoms. The van der Waals surface area contributed by atoms with Crippen LogP contribution in [0.3, 0.4) is 0 Å². The van der Waals surface area contributed by atoms with Crippen LogP contribution in [0, 0.1) is 19.1 Å². The van der Waals surface area contributed by atoms with Crippen LogP contribution in [-0.2, 0) is 20.1 Å². The molecule has 0 fully saturated rings. The van der Waals surface area contributed by atoms with Crippen LogP contribution in [0.15, 0.2) is 60.8 Å². The Balaban J connectivity index is 0.00000147. The summed E-state index contributed by atoms with van der Waals surface area (Å²) in [6.07, 6.45) is 1.82. The predicted molar refractivity (Wildman–Crippen MR) is 77.5 cm³/mol. The van der Waals surface area contributed by atoms with E-state index in [1.165, 1.54) is 5.56 Å². The number of aromatic nitrogens is 1. The first-order valence-corrected chi connectivity index (χ1v) is 6.25. The van der Waals surface area contributed by atoms with Crippen molar-refractivity contribution in [1.82, 2.24) is 4.98 Å². The number of nitrogens with zero attached hydrogens (tertiary/aromatic N) is 1. The van der Waals surface area contributed by atoms with E-state index in [1.807, 2.05) is 42.6 Å². The van der Waals surface area contributed by atoms with Gasteiger partial charge in [0.15, 0.2) is 0 Å². The van der Waals surface area contributed by atoms with Crippen LogP contribution in [0.25, 0.3) is 22.4 Å². The van der Waals surface area contributed by atoms with Crippen molar-refractivity contribution in [2.45, 2.75) is 6.92 Å². The van der Waals surface area contributed by atoms with Gasteiger partial charge in [0, 0.05) is 32.0 Å². The summed E-state index contributed by atoms with van der Waals surface area (Å²) >= 11 is 0. The second-order valence-corrected chi connectivity index (χ2v) is 4.44. The first kappa shape index (κ1) is 14.6. The molecule has 3 rings (SSSR count). The van der Waals surface area contributed by atoms with E-state index in [1.54, 1.807) is 0 Å². The van der Waals surface area contributed by atoms with Gasteiger partial charge in [-0.1, -0.05) is 11.6 Å². The average molecular weight is 436 g/mol. The molecule has 3 aromatic rings. The van der Waals surface area contributed by atoms with Gasteiger partial charge < -0.3 is 0 Å². The van der Waals surface area contributed by atoms with Crippen molar-refractivity contribution in [3.63, 3.8) is 0 Å². The summed E-state index contributed by atoms with van der Waals surface area (Å²) in [5, 5.41) is 0. The van der Waals surface area contributed by atoms with Gasteiger partial charge in [-0.15, -0.1) is 18.2 Å². The van der Waals surface area contributed by atoms with Crippen LogP contribution in [0.1, 0.15) is 5.56 Å². The molecule has 0 N–H and O–H groups in total. The Morgan fingerprint density at radius 1 is 0.900 bits per heavy atom. The molecule has 1 heterocycles. The third-order valence-corrected chi connectivity index (χ3v) is 3.09. The fourth-order valence-electron chi connectivity index (χ4n) is 2.09. The Morgan fingerprint density at radius 3 is 2.40 bits per heavy atom. The Bertz CT molecular complexity index is 675. The van der Waals surface area contributed by atoms with Crippen molar-refractivity contribution in [2.75, 3.05) is 0 Å². The van der Waals surface area contributed by atoms with Gasteiger partial charge in [-0.05, 0) is 18.6 Å². The minimum absolute atomic E-state index is 0. The molecule has 2 heteroatoms. The second-order valence-electron chi connectivity index (χ2n) is 4.44. The molecule has 0 bridgehead atoms. The molecule has 0 saturated heterocycles. The third-order valence-electron chi connectivity index (χ3n) is 3.09. The van der Waals surface area contributed by atoms with Gasteiger partial charge in [0.25, 0.3) is 0 Å². The quantitative estimate of drug-likeness (QED) is 0.547. The number of hydrogen-bond donors (Lipinski definition) is 0. The van der Waals surface area contributed by atoms with Gasteiger partial charge >= 0.3 is 0 Å². The number of hydrogen-bond acceptors (Lipinski definition) is 1. The largest absolute Gasteiger partial charge is 0.266 e. The molecule has 1 nitrogen and oxygen atoms in total. The zero-order valence-electron chi connectivity index (χ0n) is 11.1. The van der Waals surface area contributed by atoms with Gasteiger partial charge in [0.2, 0.25) is 0 Å². The molecule has 0 saturated carbocycles. The van der Waals surface area contributed by atoms with E-state index in [4.69, 9.17) is 0 Å². The monoisotopic (exact) mass is 436 g/mol. The van der Waals surface area contributed by atoms with E-state index in [0.29, 0.717) is 0 Å². The summed E-state index contributed by atoms with van der Waals surface area (Å²) < 4.78 is 0. The maximum atomic E-state index is 4.42.